The maximum atomic E-state index is 13.2. The summed E-state index contributed by atoms with van der Waals surface area (Å²) in [6, 6.07) is 41.8. The molecule has 0 aliphatic carbocycles. The van der Waals surface area contributed by atoms with Crippen LogP contribution in [0.15, 0.2) is 189 Å². The lowest BCUT2D eigenvalue weighted by molar-refractivity contribution is -0.141. The van der Waals surface area contributed by atoms with Crippen LogP contribution in [0.25, 0.3) is 0 Å². The zero-order chi connectivity index (χ0) is 98.0. The summed E-state index contributed by atoms with van der Waals surface area (Å²) in [5.74, 6) is 2.69. The van der Waals surface area contributed by atoms with Gasteiger partial charge in [0, 0.05) is 190 Å². The maximum absolute atomic E-state index is 13.2. The van der Waals surface area contributed by atoms with Gasteiger partial charge < -0.3 is 51.5 Å². The summed E-state index contributed by atoms with van der Waals surface area (Å²) in [6.07, 6.45) is 0.656. The molecule has 0 bridgehead atoms. The quantitative estimate of drug-likeness (QED) is 0.0196. The summed E-state index contributed by atoms with van der Waals surface area (Å²) in [4.78, 5) is 106. The summed E-state index contributed by atoms with van der Waals surface area (Å²) < 4.78 is 157. The number of rotatable bonds is 28. The van der Waals surface area contributed by atoms with Gasteiger partial charge in [-0.25, -0.2) is 19.9 Å². The standard InChI is InChI=1S/C23H32N4O.C21H24F3N3O.C20H23F3N4O.C18H19F3N4O.C18H21F3N4O/c1-17-10-13-27(14-11-17)22-18(8-9-20(26-22)23(2,3)4)16-25-21(28)15-19-7-5-6-12-24-19;1-15-7-10-27(11-8-15)19-12-17(21(22,23)24)6-5-16(19)14-26-20(28)13-18-4-2-3-9-25-18;1-14-7-10-27(11-8-14)19-15(5-6-17(26-19)20(21,22)23)13-25-18(28)12-16-4-2-3-9-24-16;19-18(20,21)15-7-6-13(17(24-15)25-9-3-4-10-25)12-23-16(26)11-14-5-1-2-8-22-14;1-2-3-9-23-17-13(7-8-15(25-17)18(19,20)21)12-24-16(26)11-14-6-4-5-10-22-14/h5-9,12,17H,10-11,13-16H2,1-4H3,(H,25,28);2-6,9,12,15H,7-8,10-11,13-14H2,1H3,(H,26,28);2-6,9,14H,7-8,10-13H2,1H3,(H,25,28);1-2,5-8H,3-4,9-12H2,(H,23,26);4-8,10H,2-3,9,11-12H2,1H3,(H,23,25)(H,24,26). The molecule has 13 heterocycles. The first kappa shape index (κ1) is 105. The van der Waals surface area contributed by atoms with Crippen molar-refractivity contribution >= 4 is 58.5 Å². The van der Waals surface area contributed by atoms with E-state index in [2.05, 4.69) is 130 Å². The molecule has 24 nitrogen and oxygen atoms in total. The van der Waals surface area contributed by atoms with Gasteiger partial charge in [-0.05, 0) is 178 Å². The second-order valence-electron chi connectivity index (χ2n) is 35.2. The van der Waals surface area contributed by atoms with Crippen LogP contribution < -0.4 is 51.5 Å². The van der Waals surface area contributed by atoms with Crippen molar-refractivity contribution in [2.75, 3.05) is 83.8 Å². The van der Waals surface area contributed by atoms with Crippen LogP contribution in [-0.4, -0.2) is 133 Å². The molecule has 0 atom stereocenters. The summed E-state index contributed by atoms with van der Waals surface area (Å²) in [5, 5.41) is 17.0. The van der Waals surface area contributed by atoms with Crippen molar-refractivity contribution in [2.45, 2.75) is 208 Å². The number of alkyl halides is 12. The number of anilines is 5. The average molecular weight is 1900 g/mol. The molecule has 36 heteroatoms. The number of carbonyl (C=O) groups excluding carboxylic acids is 5. The largest absolute Gasteiger partial charge is 0.433 e. The molecule has 5 amide bonds. The second kappa shape index (κ2) is 50.6. The van der Waals surface area contributed by atoms with Crippen molar-refractivity contribution in [1.82, 2.24) is 71.4 Å². The first-order chi connectivity index (χ1) is 64.8. The Morgan fingerprint density at radius 2 is 0.625 bits per heavy atom. The predicted octanol–water partition coefficient (Wildman–Crippen LogP) is 18.2. The van der Waals surface area contributed by atoms with Gasteiger partial charge in [0.25, 0.3) is 0 Å². The zero-order valence-electron chi connectivity index (χ0n) is 77.5. The molecule has 4 aliphatic heterocycles. The lowest BCUT2D eigenvalue weighted by Crippen LogP contribution is -2.35. The predicted molar refractivity (Wildman–Crippen MR) is 498 cm³/mol. The van der Waals surface area contributed by atoms with E-state index in [1.165, 1.54) is 43.2 Å². The van der Waals surface area contributed by atoms with E-state index in [9.17, 15) is 76.7 Å². The molecule has 10 aromatic rings. The Hall–Kier alpha value is -12.9. The van der Waals surface area contributed by atoms with Crippen LogP contribution in [0.4, 0.5) is 81.6 Å². The molecular weight excluding hydrogens is 1780 g/mol. The molecule has 6 N–H and O–H groups in total. The molecule has 1 aromatic carbocycles. The monoisotopic (exact) mass is 1890 g/mol. The van der Waals surface area contributed by atoms with Crippen LogP contribution >= 0.6 is 0 Å². The number of unbranched alkanes of at least 4 members (excludes halogenated alkanes) is 1. The number of piperidine rings is 3. The Bertz CT molecular complexity index is 5100. The molecule has 728 valence electrons. The normalized spacial score (nSPS) is 14.5. The van der Waals surface area contributed by atoms with Crippen LogP contribution in [0.1, 0.15) is 197 Å². The highest BCUT2D eigenvalue weighted by Gasteiger charge is 2.38. The Morgan fingerprint density at radius 1 is 0.338 bits per heavy atom. The van der Waals surface area contributed by atoms with Gasteiger partial charge in [-0.15, -0.1) is 0 Å². The number of benzene rings is 1. The van der Waals surface area contributed by atoms with E-state index in [0.29, 0.717) is 120 Å². The SMILES string of the molecule is CC1CCN(c2cc(C(F)(F)F)ccc2CNC(=O)Cc2ccccn2)CC1.CC1CCN(c2nc(C(C)(C)C)ccc2CNC(=O)Cc2ccccn2)CC1.CC1CCN(c2nc(C(F)(F)F)ccc2CNC(=O)Cc2ccccn2)CC1.CCCCNc1nc(C(F)(F)F)ccc1CNC(=O)Cc1ccccn1.O=C(Cc1ccccn1)NCc1ccc(C(F)(F)F)nc1N1CCCC1. The van der Waals surface area contributed by atoms with Gasteiger partial charge in [-0.3, -0.25) is 48.9 Å². The molecule has 9 aromatic heterocycles. The van der Waals surface area contributed by atoms with E-state index in [-0.39, 0.29) is 92.6 Å². The number of hydrogen-bond acceptors (Lipinski definition) is 19. The van der Waals surface area contributed by atoms with Gasteiger partial charge in [0.1, 0.15) is 40.4 Å². The Morgan fingerprint density at radius 3 is 0.934 bits per heavy atom. The third-order valence-electron chi connectivity index (χ3n) is 23.1. The van der Waals surface area contributed by atoms with Gasteiger partial charge in [0.2, 0.25) is 29.5 Å². The summed E-state index contributed by atoms with van der Waals surface area (Å²) in [7, 11) is 0. The molecule has 14 rings (SSSR count). The van der Waals surface area contributed by atoms with Crippen LogP contribution in [-0.2, 0) is 119 Å². The van der Waals surface area contributed by atoms with Crippen LogP contribution in [0.5, 0.6) is 0 Å². The minimum atomic E-state index is -4.51. The van der Waals surface area contributed by atoms with E-state index in [0.717, 1.165) is 130 Å². The van der Waals surface area contributed by atoms with Crippen molar-refractivity contribution in [3.05, 3.63) is 273 Å². The molecule has 4 aliphatic rings. The molecule has 0 unspecified atom stereocenters. The molecule has 136 heavy (non-hydrogen) atoms. The first-order valence-corrected chi connectivity index (χ1v) is 45.8. The Kier molecular flexibility index (Phi) is 39.1. The first-order valence-electron chi connectivity index (χ1n) is 45.8. The number of hydrogen-bond donors (Lipinski definition) is 6. The minimum Gasteiger partial charge on any atom is -0.371 e. The lowest BCUT2D eigenvalue weighted by Gasteiger charge is -2.34. The van der Waals surface area contributed by atoms with Crippen LogP contribution in [0, 0.1) is 17.8 Å². The van der Waals surface area contributed by atoms with Gasteiger partial charge in [0.15, 0.2) is 0 Å². The third-order valence-corrected chi connectivity index (χ3v) is 23.1. The molecule has 4 saturated heterocycles. The maximum Gasteiger partial charge on any atom is 0.433 e. The molecule has 0 saturated carbocycles. The molecule has 4 fully saturated rings. The number of amides is 5. The average Bonchev–Trinajstić information content (AvgIpc) is 0.865. The fourth-order valence-corrected chi connectivity index (χ4v) is 15.1. The van der Waals surface area contributed by atoms with Crippen molar-refractivity contribution in [3.63, 3.8) is 0 Å². The number of carbonyl (C=O) groups is 5. The van der Waals surface area contributed by atoms with Crippen LogP contribution in [0.2, 0.25) is 0 Å². The number of halogens is 12. The fraction of sp³-hybridized carbons (Fsp3) is 0.440. The number of aromatic nitrogens is 9. The zero-order valence-corrected chi connectivity index (χ0v) is 77.5. The minimum absolute atomic E-state index is 0.00140. The Balaban J connectivity index is 0.000000176. The lowest BCUT2D eigenvalue weighted by atomic mass is 9.91. The third kappa shape index (κ3) is 34.5. The van der Waals surface area contributed by atoms with Crippen molar-refractivity contribution in [2.24, 2.45) is 17.8 Å². The van der Waals surface area contributed by atoms with Crippen molar-refractivity contribution in [3.8, 4) is 0 Å². The summed E-state index contributed by atoms with van der Waals surface area (Å²) in [5.41, 5.74) is 4.95. The highest BCUT2D eigenvalue weighted by atomic mass is 19.4. The summed E-state index contributed by atoms with van der Waals surface area (Å²) >= 11 is 0. The summed E-state index contributed by atoms with van der Waals surface area (Å²) in [6.45, 7) is 22.8. The van der Waals surface area contributed by atoms with Gasteiger partial charge >= 0.3 is 24.7 Å². The topological polar surface area (TPSA) is 286 Å². The van der Waals surface area contributed by atoms with E-state index in [4.69, 9.17) is 4.98 Å². The molecule has 0 spiro atoms. The highest BCUT2D eigenvalue weighted by Crippen LogP contribution is 2.39. The number of pyridine rings is 9. The number of nitrogens with zero attached hydrogens (tertiary/aromatic N) is 13. The molecule has 0 radical (unpaired) electrons. The van der Waals surface area contributed by atoms with Gasteiger partial charge in [0.05, 0.1) is 37.7 Å². The van der Waals surface area contributed by atoms with E-state index in [1.807, 2.05) is 39.8 Å². The fourth-order valence-electron chi connectivity index (χ4n) is 15.1. The van der Waals surface area contributed by atoms with E-state index >= 15 is 0 Å². The van der Waals surface area contributed by atoms with E-state index < -0.39 is 47.4 Å². The van der Waals surface area contributed by atoms with Crippen molar-refractivity contribution in [1.29, 1.82) is 0 Å². The van der Waals surface area contributed by atoms with Crippen molar-refractivity contribution < 1.29 is 76.7 Å². The van der Waals surface area contributed by atoms with E-state index in [1.54, 1.807) is 104 Å². The van der Waals surface area contributed by atoms with Gasteiger partial charge in [-0.2, -0.15) is 52.7 Å². The number of nitrogens with one attached hydrogen (secondary N) is 6. The van der Waals surface area contributed by atoms with Gasteiger partial charge in [-0.1, -0.05) is 116 Å². The second-order valence-corrected chi connectivity index (χ2v) is 35.2. The molecular formula is C100H119F12N19O5. The highest BCUT2D eigenvalue weighted by molar-refractivity contribution is 5.81. The smallest absolute Gasteiger partial charge is 0.371 e. The van der Waals surface area contributed by atoms with Crippen LogP contribution in [0.3, 0.4) is 0 Å². The Labute approximate surface area is 785 Å².